The Bertz CT molecular complexity index is 385. The highest BCUT2D eigenvalue weighted by Gasteiger charge is 2.20. The van der Waals surface area contributed by atoms with Gasteiger partial charge in [-0.3, -0.25) is 0 Å². The van der Waals surface area contributed by atoms with E-state index in [1.165, 1.54) is 12.1 Å². The molecule has 1 atom stereocenters. The van der Waals surface area contributed by atoms with Crippen molar-refractivity contribution < 1.29 is 9.50 Å². The van der Waals surface area contributed by atoms with E-state index in [2.05, 4.69) is 11.0 Å². The van der Waals surface area contributed by atoms with Crippen molar-refractivity contribution in [2.24, 2.45) is 5.92 Å². The molecule has 0 amide bonds. The molecule has 86 valence electrons. The Balaban J connectivity index is 2.28. The fourth-order valence-electron chi connectivity index (χ4n) is 2.12. The smallest absolute Gasteiger partial charge is 0.123 e. The second-order valence-corrected chi connectivity index (χ2v) is 4.27. The highest BCUT2D eigenvalue weighted by molar-refractivity contribution is 5.68. The molecule has 1 heterocycles. The fraction of sp³-hybridized carbons (Fsp3) is 0.385. The van der Waals surface area contributed by atoms with Crippen LogP contribution in [-0.2, 0) is 0 Å². The predicted molar refractivity (Wildman–Crippen MR) is 62.4 cm³/mol. The zero-order valence-corrected chi connectivity index (χ0v) is 9.36. The van der Waals surface area contributed by atoms with E-state index in [0.717, 1.165) is 24.2 Å². The number of nitrogens with zero attached hydrogens (tertiary/aromatic N) is 1. The van der Waals surface area contributed by atoms with Gasteiger partial charge in [-0.05, 0) is 30.3 Å². The zero-order valence-electron chi connectivity index (χ0n) is 9.36. The first kappa shape index (κ1) is 11.3. The Hall–Kier alpha value is -1.19. The monoisotopic (exact) mass is 221 g/mol. The highest BCUT2D eigenvalue weighted by atomic mass is 19.1. The molecule has 16 heavy (non-hydrogen) atoms. The maximum absolute atomic E-state index is 12.8. The molecule has 0 aromatic heterocycles. The van der Waals surface area contributed by atoms with Crippen molar-refractivity contribution in [3.63, 3.8) is 0 Å². The van der Waals surface area contributed by atoms with E-state index in [9.17, 15) is 9.50 Å². The van der Waals surface area contributed by atoms with E-state index < -0.39 is 0 Å². The normalized spacial score (nSPS) is 21.9. The number of hydrogen-bond donors (Lipinski definition) is 1. The first-order valence-corrected chi connectivity index (χ1v) is 5.46. The second-order valence-electron chi connectivity index (χ2n) is 4.27. The topological polar surface area (TPSA) is 23.5 Å². The van der Waals surface area contributed by atoms with Gasteiger partial charge in [0, 0.05) is 19.0 Å². The summed E-state index contributed by atoms with van der Waals surface area (Å²) >= 11 is 0. The lowest BCUT2D eigenvalue weighted by atomic mass is 9.90. The summed E-state index contributed by atoms with van der Waals surface area (Å²) in [5, 5.41) is 9.35. The molecule has 0 saturated carbocycles. The van der Waals surface area contributed by atoms with E-state index in [-0.39, 0.29) is 18.3 Å². The number of rotatable bonds is 2. The fourth-order valence-corrected chi connectivity index (χ4v) is 2.12. The molecular weight excluding hydrogens is 205 g/mol. The minimum atomic E-state index is -0.224. The SMILES string of the molecule is CN1CC=C(c2ccc(F)cc2)C(CO)C1. The molecule has 0 fully saturated rings. The molecule has 1 unspecified atom stereocenters. The maximum Gasteiger partial charge on any atom is 0.123 e. The molecule has 0 aliphatic carbocycles. The van der Waals surface area contributed by atoms with Gasteiger partial charge in [0.05, 0.1) is 6.61 Å². The molecule has 1 aromatic carbocycles. The number of likely N-dealkylation sites (N-methyl/N-ethyl adjacent to an activating group) is 1. The number of halogens is 1. The van der Waals surface area contributed by atoms with Crippen molar-refractivity contribution in [3.05, 3.63) is 41.7 Å². The third-order valence-corrected chi connectivity index (χ3v) is 2.99. The highest BCUT2D eigenvalue weighted by Crippen LogP contribution is 2.27. The Labute approximate surface area is 95.0 Å². The van der Waals surface area contributed by atoms with Gasteiger partial charge in [-0.2, -0.15) is 0 Å². The Kier molecular flexibility index (Phi) is 3.36. The van der Waals surface area contributed by atoms with Crippen LogP contribution in [0.3, 0.4) is 0 Å². The predicted octanol–water partition coefficient (Wildman–Crippen LogP) is 1.76. The molecule has 1 N–H and O–H groups in total. The Morgan fingerprint density at radius 2 is 2.06 bits per heavy atom. The standard InChI is InChI=1S/C13H16FNO/c1-15-7-6-13(11(8-15)9-16)10-2-4-12(14)5-3-10/h2-6,11,16H,7-9H2,1H3. The Morgan fingerprint density at radius 3 is 2.69 bits per heavy atom. The molecule has 1 aliphatic heterocycles. The van der Waals surface area contributed by atoms with Crippen LogP contribution in [0.5, 0.6) is 0 Å². The summed E-state index contributed by atoms with van der Waals surface area (Å²) in [7, 11) is 2.03. The Morgan fingerprint density at radius 1 is 1.38 bits per heavy atom. The average Bonchev–Trinajstić information content (AvgIpc) is 2.30. The average molecular weight is 221 g/mol. The van der Waals surface area contributed by atoms with E-state index in [4.69, 9.17) is 0 Å². The van der Waals surface area contributed by atoms with Crippen molar-refractivity contribution in [3.8, 4) is 0 Å². The number of aliphatic hydroxyl groups excluding tert-OH is 1. The summed E-state index contributed by atoms with van der Waals surface area (Å²) in [6.45, 7) is 1.86. The third kappa shape index (κ3) is 2.31. The zero-order chi connectivity index (χ0) is 11.5. The van der Waals surface area contributed by atoms with Crippen LogP contribution in [0, 0.1) is 11.7 Å². The molecule has 2 nitrogen and oxygen atoms in total. The molecule has 0 bridgehead atoms. The number of benzene rings is 1. The minimum Gasteiger partial charge on any atom is -0.396 e. The van der Waals surface area contributed by atoms with Gasteiger partial charge in [-0.1, -0.05) is 18.2 Å². The van der Waals surface area contributed by atoms with Gasteiger partial charge in [0.1, 0.15) is 5.82 Å². The quantitative estimate of drug-likeness (QED) is 0.822. The molecule has 0 radical (unpaired) electrons. The lowest BCUT2D eigenvalue weighted by Gasteiger charge is -2.29. The number of aliphatic hydroxyl groups is 1. The lowest BCUT2D eigenvalue weighted by molar-refractivity contribution is 0.212. The lowest BCUT2D eigenvalue weighted by Crippen LogP contribution is -2.32. The van der Waals surface area contributed by atoms with Gasteiger partial charge in [0.15, 0.2) is 0 Å². The summed E-state index contributed by atoms with van der Waals surface area (Å²) in [4.78, 5) is 2.16. The van der Waals surface area contributed by atoms with Crippen molar-refractivity contribution in [1.82, 2.24) is 4.90 Å². The molecule has 0 saturated heterocycles. The molecule has 1 aliphatic rings. The van der Waals surface area contributed by atoms with Crippen LogP contribution in [0.1, 0.15) is 5.56 Å². The maximum atomic E-state index is 12.8. The van der Waals surface area contributed by atoms with Gasteiger partial charge in [-0.25, -0.2) is 4.39 Å². The van der Waals surface area contributed by atoms with E-state index in [0.29, 0.717) is 0 Å². The van der Waals surface area contributed by atoms with Crippen molar-refractivity contribution in [2.45, 2.75) is 0 Å². The summed E-state index contributed by atoms with van der Waals surface area (Å²) in [5.41, 5.74) is 2.13. The van der Waals surface area contributed by atoms with E-state index >= 15 is 0 Å². The van der Waals surface area contributed by atoms with Crippen LogP contribution < -0.4 is 0 Å². The van der Waals surface area contributed by atoms with Crippen LogP contribution in [0.25, 0.3) is 5.57 Å². The molecular formula is C13H16FNO. The minimum absolute atomic E-state index is 0.129. The molecule has 1 aromatic rings. The van der Waals surface area contributed by atoms with Gasteiger partial charge in [0.2, 0.25) is 0 Å². The van der Waals surface area contributed by atoms with Gasteiger partial charge in [0.25, 0.3) is 0 Å². The molecule has 0 spiro atoms. The molecule has 2 rings (SSSR count). The van der Waals surface area contributed by atoms with Crippen LogP contribution in [0.4, 0.5) is 4.39 Å². The first-order valence-electron chi connectivity index (χ1n) is 5.46. The summed E-state index contributed by atoms with van der Waals surface area (Å²) < 4.78 is 12.8. The van der Waals surface area contributed by atoms with Crippen LogP contribution in [0.2, 0.25) is 0 Å². The van der Waals surface area contributed by atoms with Crippen molar-refractivity contribution in [1.29, 1.82) is 0 Å². The van der Waals surface area contributed by atoms with Crippen LogP contribution in [0.15, 0.2) is 30.3 Å². The summed E-state index contributed by atoms with van der Waals surface area (Å²) in [6, 6.07) is 6.47. The first-order chi connectivity index (χ1) is 7.70. The van der Waals surface area contributed by atoms with Gasteiger partial charge >= 0.3 is 0 Å². The third-order valence-electron chi connectivity index (χ3n) is 2.99. The molecule has 3 heteroatoms. The second kappa shape index (κ2) is 4.76. The number of hydrogen-bond acceptors (Lipinski definition) is 2. The van der Waals surface area contributed by atoms with Gasteiger partial charge < -0.3 is 10.0 Å². The largest absolute Gasteiger partial charge is 0.396 e. The summed E-state index contributed by atoms with van der Waals surface area (Å²) in [5.74, 6) is -0.0953. The van der Waals surface area contributed by atoms with Crippen LogP contribution >= 0.6 is 0 Å². The van der Waals surface area contributed by atoms with Crippen molar-refractivity contribution >= 4 is 5.57 Å². The van der Waals surface area contributed by atoms with E-state index in [1.807, 2.05) is 7.05 Å². The van der Waals surface area contributed by atoms with Crippen LogP contribution in [-0.4, -0.2) is 36.8 Å². The summed E-state index contributed by atoms with van der Waals surface area (Å²) in [6.07, 6.45) is 2.11. The van der Waals surface area contributed by atoms with Crippen molar-refractivity contribution in [2.75, 3.05) is 26.7 Å². The van der Waals surface area contributed by atoms with E-state index in [1.54, 1.807) is 12.1 Å². The van der Waals surface area contributed by atoms with Gasteiger partial charge in [-0.15, -0.1) is 0 Å².